The molecule has 0 bridgehead atoms. The zero-order valence-electron chi connectivity index (χ0n) is 14.8. The largest absolute Gasteiger partial charge is 0.495 e. The lowest BCUT2D eigenvalue weighted by atomic mass is 10.3. The Labute approximate surface area is 160 Å². The Morgan fingerprint density at radius 2 is 1.93 bits per heavy atom. The summed E-state index contributed by atoms with van der Waals surface area (Å²) in [5.74, 6) is -1.65. The molecular weight excluding hydrogens is 391 g/mol. The quantitative estimate of drug-likeness (QED) is 0.559. The van der Waals surface area contributed by atoms with E-state index in [1.165, 1.54) is 36.0 Å². The number of amides is 1. The third-order valence-corrected chi connectivity index (χ3v) is 3.97. The van der Waals surface area contributed by atoms with Crippen molar-refractivity contribution in [1.82, 2.24) is 19.5 Å². The molecule has 0 saturated heterocycles. The van der Waals surface area contributed by atoms with E-state index in [2.05, 4.69) is 25.0 Å². The number of hydrogen-bond donors (Lipinski definition) is 1. The molecule has 0 spiro atoms. The van der Waals surface area contributed by atoms with Gasteiger partial charge in [0.2, 0.25) is 5.82 Å². The lowest BCUT2D eigenvalue weighted by Crippen LogP contribution is -2.12. The fraction of sp³-hybridized carbons (Fsp3) is 0.111. The first kappa shape index (κ1) is 18.5. The van der Waals surface area contributed by atoms with Crippen LogP contribution in [0, 0.1) is 0 Å². The number of nitrogens with one attached hydrogen (secondary N) is 1. The van der Waals surface area contributed by atoms with Crippen LogP contribution < -0.4 is 10.1 Å². The number of para-hydroxylation sites is 2. The molecule has 3 heterocycles. The number of rotatable bonds is 4. The second kappa shape index (κ2) is 6.93. The number of hydrogen-bond acceptors (Lipinski definition) is 6. The molecule has 0 saturated carbocycles. The molecule has 29 heavy (non-hydrogen) atoms. The van der Waals surface area contributed by atoms with Crippen LogP contribution in [-0.4, -0.2) is 32.5 Å². The van der Waals surface area contributed by atoms with E-state index in [1.807, 2.05) is 0 Å². The van der Waals surface area contributed by atoms with E-state index in [0.29, 0.717) is 17.1 Å². The Bertz CT molecular complexity index is 1200. The van der Waals surface area contributed by atoms with Gasteiger partial charge in [-0.05, 0) is 24.3 Å². The highest BCUT2D eigenvalue weighted by Gasteiger charge is 2.38. The molecule has 148 valence electrons. The molecule has 4 aromatic rings. The van der Waals surface area contributed by atoms with Crippen molar-refractivity contribution < 1.29 is 27.2 Å². The summed E-state index contributed by atoms with van der Waals surface area (Å²) in [6.45, 7) is 0. The summed E-state index contributed by atoms with van der Waals surface area (Å²) >= 11 is 0. The maximum Gasteiger partial charge on any atom is 0.471 e. The third kappa shape index (κ3) is 3.61. The number of nitrogens with zero attached hydrogens (tertiary/aromatic N) is 4. The first-order valence-electron chi connectivity index (χ1n) is 8.19. The van der Waals surface area contributed by atoms with E-state index in [0.717, 1.165) is 0 Å². The van der Waals surface area contributed by atoms with Gasteiger partial charge in [0.05, 0.1) is 12.8 Å². The Hall–Kier alpha value is -3.89. The molecule has 0 unspecified atom stereocenters. The number of anilines is 1. The van der Waals surface area contributed by atoms with E-state index in [9.17, 15) is 18.0 Å². The Kier molecular flexibility index (Phi) is 4.41. The predicted octanol–water partition coefficient (Wildman–Crippen LogP) is 3.66. The number of alkyl halides is 3. The summed E-state index contributed by atoms with van der Waals surface area (Å²) in [4.78, 5) is 20.1. The number of pyridine rings is 1. The normalized spacial score (nSPS) is 11.6. The highest BCUT2D eigenvalue weighted by Crippen LogP contribution is 2.29. The van der Waals surface area contributed by atoms with Crippen molar-refractivity contribution in [2.45, 2.75) is 6.18 Å². The van der Waals surface area contributed by atoms with Gasteiger partial charge in [-0.3, -0.25) is 4.79 Å². The van der Waals surface area contributed by atoms with Gasteiger partial charge >= 0.3 is 12.1 Å². The maximum atomic E-state index is 12.6. The van der Waals surface area contributed by atoms with Crippen LogP contribution in [0.5, 0.6) is 5.75 Å². The molecule has 8 nitrogen and oxygen atoms in total. The van der Waals surface area contributed by atoms with Gasteiger partial charge < -0.3 is 19.0 Å². The minimum Gasteiger partial charge on any atom is -0.495 e. The number of ether oxygens (including phenoxy) is 1. The van der Waals surface area contributed by atoms with Crippen LogP contribution in [0.2, 0.25) is 0 Å². The average molecular weight is 403 g/mol. The van der Waals surface area contributed by atoms with Crippen LogP contribution in [0.25, 0.3) is 17.0 Å². The summed E-state index contributed by atoms with van der Waals surface area (Å²) < 4.78 is 48.8. The molecule has 0 atom stereocenters. The van der Waals surface area contributed by atoms with Gasteiger partial charge in [0.25, 0.3) is 5.91 Å². The van der Waals surface area contributed by atoms with Crippen LogP contribution in [0.1, 0.15) is 16.4 Å². The van der Waals surface area contributed by atoms with Gasteiger partial charge in [-0.2, -0.15) is 18.2 Å². The summed E-state index contributed by atoms with van der Waals surface area (Å²) in [5, 5.41) is 6.04. The topological polar surface area (TPSA) is 94.5 Å². The van der Waals surface area contributed by atoms with Gasteiger partial charge in [0, 0.05) is 18.0 Å². The molecule has 1 amide bonds. The fourth-order valence-electron chi connectivity index (χ4n) is 2.62. The SMILES string of the molecule is COc1ccccc1NC(=O)c1cn2cc(-c3noc(C(F)(F)F)n3)ccc2n1. The lowest BCUT2D eigenvalue weighted by molar-refractivity contribution is -0.159. The van der Waals surface area contributed by atoms with Crippen LogP contribution in [0.15, 0.2) is 53.3 Å². The molecular formula is C18H12F3N5O3. The van der Waals surface area contributed by atoms with Crippen molar-refractivity contribution in [1.29, 1.82) is 0 Å². The highest BCUT2D eigenvalue weighted by molar-refractivity contribution is 6.04. The number of fused-ring (bicyclic) bond motifs is 1. The first-order chi connectivity index (χ1) is 13.8. The summed E-state index contributed by atoms with van der Waals surface area (Å²) in [6, 6.07) is 9.90. The maximum absolute atomic E-state index is 12.6. The van der Waals surface area contributed by atoms with Crippen molar-refractivity contribution in [3.8, 4) is 17.1 Å². The smallest absolute Gasteiger partial charge is 0.471 e. The zero-order valence-corrected chi connectivity index (χ0v) is 14.8. The van der Waals surface area contributed by atoms with Crippen LogP contribution in [-0.2, 0) is 6.18 Å². The second-order valence-corrected chi connectivity index (χ2v) is 5.88. The number of halogens is 3. The molecule has 0 aliphatic carbocycles. The Morgan fingerprint density at radius 3 is 2.66 bits per heavy atom. The second-order valence-electron chi connectivity index (χ2n) is 5.88. The summed E-state index contributed by atoms with van der Waals surface area (Å²) in [7, 11) is 1.49. The van der Waals surface area contributed by atoms with E-state index in [-0.39, 0.29) is 17.1 Å². The molecule has 3 aromatic heterocycles. The number of aromatic nitrogens is 4. The molecule has 0 aliphatic rings. The van der Waals surface area contributed by atoms with Crippen molar-refractivity contribution in [2.24, 2.45) is 0 Å². The van der Waals surface area contributed by atoms with E-state index in [4.69, 9.17) is 4.74 Å². The van der Waals surface area contributed by atoms with E-state index >= 15 is 0 Å². The van der Waals surface area contributed by atoms with Gasteiger partial charge in [-0.25, -0.2) is 4.98 Å². The van der Waals surface area contributed by atoms with Crippen molar-refractivity contribution in [3.05, 3.63) is 60.4 Å². The van der Waals surface area contributed by atoms with Gasteiger partial charge in [0.1, 0.15) is 17.1 Å². The van der Waals surface area contributed by atoms with Crippen molar-refractivity contribution in [3.63, 3.8) is 0 Å². The number of carbonyl (C=O) groups excluding carboxylic acids is 1. The van der Waals surface area contributed by atoms with E-state index < -0.39 is 18.0 Å². The summed E-state index contributed by atoms with van der Waals surface area (Å²) in [5.41, 5.74) is 1.27. The Morgan fingerprint density at radius 1 is 1.14 bits per heavy atom. The van der Waals surface area contributed by atoms with Crippen molar-refractivity contribution in [2.75, 3.05) is 12.4 Å². The van der Waals surface area contributed by atoms with Crippen LogP contribution in [0.4, 0.5) is 18.9 Å². The number of benzene rings is 1. The zero-order chi connectivity index (χ0) is 20.6. The molecule has 4 rings (SSSR count). The van der Waals surface area contributed by atoms with Crippen molar-refractivity contribution >= 4 is 17.2 Å². The van der Waals surface area contributed by atoms with E-state index in [1.54, 1.807) is 24.3 Å². The third-order valence-electron chi connectivity index (χ3n) is 3.97. The fourth-order valence-corrected chi connectivity index (χ4v) is 2.62. The Balaban J connectivity index is 1.61. The van der Waals surface area contributed by atoms with Gasteiger partial charge in [-0.1, -0.05) is 17.3 Å². The molecule has 0 fully saturated rings. The minimum atomic E-state index is -4.73. The predicted molar refractivity (Wildman–Crippen MR) is 94.4 cm³/mol. The number of imidazole rings is 1. The number of carbonyl (C=O) groups is 1. The molecule has 11 heteroatoms. The molecule has 1 aromatic carbocycles. The monoisotopic (exact) mass is 403 g/mol. The van der Waals surface area contributed by atoms with Crippen LogP contribution in [0.3, 0.4) is 0 Å². The molecule has 0 radical (unpaired) electrons. The minimum absolute atomic E-state index is 0.108. The standard InChI is InChI=1S/C18H12F3N5O3/c1-28-13-5-3-2-4-11(13)23-16(27)12-9-26-8-10(6-7-14(26)22-12)15-24-17(29-25-15)18(19,20)21/h2-9H,1H3,(H,23,27). The molecule has 0 aliphatic heterocycles. The van der Waals surface area contributed by atoms with Gasteiger partial charge in [0.15, 0.2) is 0 Å². The van der Waals surface area contributed by atoms with Gasteiger partial charge in [-0.15, -0.1) is 0 Å². The first-order valence-corrected chi connectivity index (χ1v) is 8.19. The summed E-state index contributed by atoms with van der Waals surface area (Å²) in [6.07, 6.45) is -1.84. The number of methoxy groups -OCH3 is 1. The lowest BCUT2D eigenvalue weighted by Gasteiger charge is -2.08. The van der Waals surface area contributed by atoms with Crippen LogP contribution >= 0.6 is 0 Å². The highest BCUT2D eigenvalue weighted by atomic mass is 19.4. The average Bonchev–Trinajstić information content (AvgIpc) is 3.35. The molecule has 1 N–H and O–H groups in total.